The molecule has 0 aliphatic heterocycles. The van der Waals surface area contributed by atoms with Gasteiger partial charge in [0.05, 0.1) is 0 Å². The Labute approximate surface area is 109 Å². The third-order valence-electron chi connectivity index (χ3n) is 2.86. The second kappa shape index (κ2) is 4.53. The van der Waals surface area contributed by atoms with Crippen molar-refractivity contribution in [2.75, 3.05) is 0 Å². The van der Waals surface area contributed by atoms with E-state index in [1.165, 1.54) is 0 Å². The van der Waals surface area contributed by atoms with Crippen LogP contribution in [0, 0.1) is 6.92 Å². The number of rotatable bonds is 2. The molecule has 0 saturated heterocycles. The molecular formula is C14H11N3O2. The molecule has 3 rings (SSSR count). The predicted octanol–water partition coefficient (Wildman–Crippen LogP) is 2.81. The lowest BCUT2D eigenvalue weighted by Gasteiger charge is -2.01. The highest BCUT2D eigenvalue weighted by atomic mass is 16.5. The van der Waals surface area contributed by atoms with E-state index in [0.717, 1.165) is 5.56 Å². The second-order valence-corrected chi connectivity index (χ2v) is 4.09. The largest absolute Gasteiger partial charge is 0.508 e. The molecule has 0 unspecified atom stereocenters. The number of pyridine rings is 1. The van der Waals surface area contributed by atoms with Crippen LogP contribution in [0.15, 0.2) is 47.1 Å². The van der Waals surface area contributed by atoms with Gasteiger partial charge in [0, 0.05) is 17.3 Å². The molecule has 19 heavy (non-hydrogen) atoms. The highest BCUT2D eigenvalue weighted by molar-refractivity contribution is 5.63. The number of hydrogen-bond acceptors (Lipinski definition) is 5. The Hall–Kier alpha value is -2.69. The van der Waals surface area contributed by atoms with Crippen LogP contribution in [-0.4, -0.2) is 20.2 Å². The van der Waals surface area contributed by atoms with Crippen LogP contribution in [0.2, 0.25) is 0 Å². The Bertz CT molecular complexity index is 708. The van der Waals surface area contributed by atoms with Gasteiger partial charge in [-0.25, -0.2) is 0 Å². The first-order valence-electron chi connectivity index (χ1n) is 5.80. The lowest BCUT2D eigenvalue weighted by molar-refractivity contribution is 0.430. The summed E-state index contributed by atoms with van der Waals surface area (Å²) in [5.41, 5.74) is 2.07. The summed E-state index contributed by atoms with van der Waals surface area (Å²) in [4.78, 5) is 8.46. The number of phenolic OH excluding ortho intramolecular Hbond substituents is 1. The van der Waals surface area contributed by atoms with Gasteiger partial charge in [-0.05, 0) is 31.2 Å². The van der Waals surface area contributed by atoms with E-state index in [2.05, 4.69) is 15.1 Å². The zero-order chi connectivity index (χ0) is 13.2. The molecule has 2 heterocycles. The number of aromatic nitrogens is 3. The minimum atomic E-state index is 0.204. The molecule has 3 aromatic rings. The minimum absolute atomic E-state index is 0.204. The van der Waals surface area contributed by atoms with Crippen molar-refractivity contribution in [3.05, 3.63) is 48.2 Å². The summed E-state index contributed by atoms with van der Waals surface area (Å²) in [6.45, 7) is 1.80. The maximum Gasteiger partial charge on any atom is 0.258 e. The van der Waals surface area contributed by atoms with Crippen molar-refractivity contribution in [1.82, 2.24) is 15.1 Å². The molecule has 1 aromatic carbocycles. The second-order valence-electron chi connectivity index (χ2n) is 4.09. The lowest BCUT2D eigenvalue weighted by atomic mass is 10.1. The number of hydrogen-bond donors (Lipinski definition) is 1. The van der Waals surface area contributed by atoms with E-state index in [1.54, 1.807) is 25.3 Å². The van der Waals surface area contributed by atoms with E-state index in [1.807, 2.05) is 24.3 Å². The van der Waals surface area contributed by atoms with Crippen molar-refractivity contribution in [1.29, 1.82) is 0 Å². The van der Waals surface area contributed by atoms with Gasteiger partial charge in [0.25, 0.3) is 5.89 Å². The number of aromatic hydroxyl groups is 1. The van der Waals surface area contributed by atoms with E-state index in [0.29, 0.717) is 23.0 Å². The first kappa shape index (κ1) is 11.4. The van der Waals surface area contributed by atoms with E-state index in [-0.39, 0.29) is 5.75 Å². The minimum Gasteiger partial charge on any atom is -0.508 e. The summed E-state index contributed by atoms with van der Waals surface area (Å²) >= 11 is 0. The molecule has 0 spiro atoms. The zero-order valence-corrected chi connectivity index (χ0v) is 10.2. The van der Waals surface area contributed by atoms with Crippen LogP contribution in [0.1, 0.15) is 5.56 Å². The fourth-order valence-electron chi connectivity index (χ4n) is 1.79. The van der Waals surface area contributed by atoms with Crippen LogP contribution in [0.4, 0.5) is 0 Å². The highest BCUT2D eigenvalue weighted by Crippen LogP contribution is 2.28. The molecule has 0 radical (unpaired) electrons. The maximum atomic E-state index is 9.68. The van der Waals surface area contributed by atoms with Crippen molar-refractivity contribution in [2.45, 2.75) is 6.92 Å². The quantitative estimate of drug-likeness (QED) is 0.760. The van der Waals surface area contributed by atoms with Crippen LogP contribution < -0.4 is 0 Å². The molecule has 0 amide bonds. The zero-order valence-electron chi connectivity index (χ0n) is 10.2. The lowest BCUT2D eigenvalue weighted by Crippen LogP contribution is -1.86. The SMILES string of the molecule is Cc1c(O)cccc1-c1nc(-c2ccccn2)no1. The van der Waals surface area contributed by atoms with Crippen LogP contribution in [0.3, 0.4) is 0 Å². The fourth-order valence-corrected chi connectivity index (χ4v) is 1.79. The Balaban J connectivity index is 2.05. The molecule has 5 heteroatoms. The summed E-state index contributed by atoms with van der Waals surface area (Å²) in [7, 11) is 0. The van der Waals surface area contributed by atoms with Gasteiger partial charge >= 0.3 is 0 Å². The van der Waals surface area contributed by atoms with Gasteiger partial charge in [0.15, 0.2) is 0 Å². The van der Waals surface area contributed by atoms with Crippen molar-refractivity contribution < 1.29 is 9.63 Å². The van der Waals surface area contributed by atoms with Gasteiger partial charge in [-0.1, -0.05) is 17.3 Å². The summed E-state index contributed by atoms with van der Waals surface area (Å²) in [6, 6.07) is 10.7. The monoisotopic (exact) mass is 253 g/mol. The molecule has 5 nitrogen and oxygen atoms in total. The van der Waals surface area contributed by atoms with Gasteiger partial charge in [-0.15, -0.1) is 0 Å². The van der Waals surface area contributed by atoms with Gasteiger partial charge < -0.3 is 9.63 Å². The van der Waals surface area contributed by atoms with E-state index >= 15 is 0 Å². The van der Waals surface area contributed by atoms with Crippen molar-refractivity contribution in [2.24, 2.45) is 0 Å². The molecule has 0 aliphatic rings. The summed E-state index contributed by atoms with van der Waals surface area (Å²) in [6.07, 6.45) is 1.67. The van der Waals surface area contributed by atoms with Gasteiger partial charge in [-0.3, -0.25) is 4.98 Å². The average Bonchev–Trinajstić information content (AvgIpc) is 2.92. The van der Waals surface area contributed by atoms with Gasteiger partial charge in [0.1, 0.15) is 11.4 Å². The smallest absolute Gasteiger partial charge is 0.258 e. The highest BCUT2D eigenvalue weighted by Gasteiger charge is 2.14. The Kier molecular flexibility index (Phi) is 2.72. The summed E-state index contributed by atoms with van der Waals surface area (Å²) in [5.74, 6) is 1.00. The molecule has 0 aliphatic carbocycles. The van der Waals surface area contributed by atoms with Gasteiger partial charge in [-0.2, -0.15) is 4.98 Å². The molecule has 0 atom stereocenters. The van der Waals surface area contributed by atoms with E-state index in [4.69, 9.17) is 4.52 Å². The van der Waals surface area contributed by atoms with Crippen LogP contribution in [-0.2, 0) is 0 Å². The topological polar surface area (TPSA) is 72.0 Å². The molecule has 0 fully saturated rings. The molecular weight excluding hydrogens is 242 g/mol. The normalized spacial score (nSPS) is 10.6. The molecule has 94 valence electrons. The third kappa shape index (κ3) is 2.06. The van der Waals surface area contributed by atoms with E-state index < -0.39 is 0 Å². The number of nitrogens with zero attached hydrogens (tertiary/aromatic N) is 3. The molecule has 2 aromatic heterocycles. The Morgan fingerprint density at radius 3 is 2.79 bits per heavy atom. The first-order valence-corrected chi connectivity index (χ1v) is 5.80. The van der Waals surface area contributed by atoms with Gasteiger partial charge in [0.2, 0.25) is 5.82 Å². The molecule has 0 bridgehead atoms. The van der Waals surface area contributed by atoms with E-state index in [9.17, 15) is 5.11 Å². The number of phenols is 1. The van der Waals surface area contributed by atoms with Crippen LogP contribution in [0.5, 0.6) is 5.75 Å². The Morgan fingerprint density at radius 2 is 2.00 bits per heavy atom. The predicted molar refractivity (Wildman–Crippen MR) is 69.4 cm³/mol. The maximum absolute atomic E-state index is 9.68. The van der Waals surface area contributed by atoms with Crippen molar-refractivity contribution in [3.63, 3.8) is 0 Å². The van der Waals surface area contributed by atoms with Crippen LogP contribution >= 0.6 is 0 Å². The Morgan fingerprint density at radius 1 is 1.11 bits per heavy atom. The first-order chi connectivity index (χ1) is 9.25. The molecule has 1 N–H and O–H groups in total. The standard InChI is InChI=1S/C14H11N3O2/c1-9-10(5-4-7-12(9)18)14-16-13(17-19-14)11-6-2-3-8-15-11/h2-8,18H,1H3. The van der Waals surface area contributed by atoms with Crippen molar-refractivity contribution >= 4 is 0 Å². The van der Waals surface area contributed by atoms with Crippen LogP contribution in [0.25, 0.3) is 23.0 Å². The fraction of sp³-hybridized carbons (Fsp3) is 0.0714. The average molecular weight is 253 g/mol. The summed E-state index contributed by atoms with van der Waals surface area (Å²) < 4.78 is 5.23. The molecule has 0 saturated carbocycles. The third-order valence-corrected chi connectivity index (χ3v) is 2.86. The summed E-state index contributed by atoms with van der Waals surface area (Å²) in [5, 5.41) is 13.6. The number of benzene rings is 1. The van der Waals surface area contributed by atoms with Crippen molar-refractivity contribution in [3.8, 4) is 28.7 Å².